The van der Waals surface area contributed by atoms with Gasteiger partial charge in [0.15, 0.2) is 5.82 Å². The Kier molecular flexibility index (Phi) is 9.92. The molecule has 1 aliphatic carbocycles. The SMILES string of the molecule is C=CC(=O)Nc1cc(Nc2cc(N3OCCC3c3cc(F)ccc3F)ncn2)c(OC)cc1N1CCC(N2CCN(CC3CC3)CC2)CC1. The number of rotatable bonds is 11. The van der Waals surface area contributed by atoms with Crippen molar-refractivity contribution in [2.75, 3.05) is 80.1 Å². The number of piperidine rings is 1. The van der Waals surface area contributed by atoms with E-state index in [0.717, 1.165) is 75.8 Å². The molecule has 0 bridgehead atoms. The molecule has 1 saturated carbocycles. The molecule has 4 aliphatic rings. The molecular formula is C36H44F2N8O3. The number of halogens is 2. The molecule has 1 atom stereocenters. The lowest BCUT2D eigenvalue weighted by molar-refractivity contribution is -0.111. The number of amides is 1. The minimum absolute atomic E-state index is 0.195. The number of anilines is 5. The normalized spacial score (nSPS) is 20.8. The number of hydrogen-bond acceptors (Lipinski definition) is 10. The maximum absolute atomic E-state index is 14.7. The quantitative estimate of drug-likeness (QED) is 0.254. The molecule has 2 N–H and O–H groups in total. The molecule has 260 valence electrons. The minimum atomic E-state index is -0.561. The van der Waals surface area contributed by atoms with Gasteiger partial charge in [0.2, 0.25) is 5.91 Å². The molecule has 1 aromatic heterocycles. The van der Waals surface area contributed by atoms with E-state index in [1.165, 1.54) is 42.9 Å². The number of aromatic nitrogens is 2. The van der Waals surface area contributed by atoms with Crippen LogP contribution in [0.15, 0.2) is 55.4 Å². The van der Waals surface area contributed by atoms with E-state index >= 15 is 0 Å². The molecule has 3 aromatic rings. The maximum atomic E-state index is 14.7. The lowest BCUT2D eigenvalue weighted by atomic mass is 10.0. The Balaban J connectivity index is 1.07. The van der Waals surface area contributed by atoms with Crippen LogP contribution >= 0.6 is 0 Å². The van der Waals surface area contributed by atoms with E-state index in [0.29, 0.717) is 47.8 Å². The van der Waals surface area contributed by atoms with Gasteiger partial charge in [-0.1, -0.05) is 6.58 Å². The van der Waals surface area contributed by atoms with Gasteiger partial charge in [0.25, 0.3) is 0 Å². The summed E-state index contributed by atoms with van der Waals surface area (Å²) in [5.74, 6) is 0.945. The largest absolute Gasteiger partial charge is 0.494 e. The number of nitrogens with one attached hydrogen (secondary N) is 2. The monoisotopic (exact) mass is 674 g/mol. The van der Waals surface area contributed by atoms with Crippen LogP contribution in [0.3, 0.4) is 0 Å². The van der Waals surface area contributed by atoms with Crippen molar-refractivity contribution in [2.24, 2.45) is 5.92 Å². The second kappa shape index (κ2) is 14.7. The van der Waals surface area contributed by atoms with Gasteiger partial charge in [0.05, 0.1) is 36.8 Å². The first kappa shape index (κ1) is 33.2. The lowest BCUT2D eigenvalue weighted by Crippen LogP contribution is -2.53. The van der Waals surface area contributed by atoms with Gasteiger partial charge >= 0.3 is 0 Å². The van der Waals surface area contributed by atoms with Gasteiger partial charge in [-0.25, -0.2) is 23.8 Å². The van der Waals surface area contributed by atoms with Crippen molar-refractivity contribution in [2.45, 2.75) is 44.2 Å². The van der Waals surface area contributed by atoms with Crippen LogP contribution < -0.4 is 25.3 Å². The topological polar surface area (TPSA) is 98.3 Å². The predicted octanol–water partition coefficient (Wildman–Crippen LogP) is 5.51. The van der Waals surface area contributed by atoms with Crippen molar-refractivity contribution in [3.05, 3.63) is 72.6 Å². The molecule has 11 nitrogen and oxygen atoms in total. The summed E-state index contributed by atoms with van der Waals surface area (Å²) >= 11 is 0. The predicted molar refractivity (Wildman–Crippen MR) is 185 cm³/mol. The standard InChI is InChI=1S/C36H44F2N8O3/c1-3-36(47)42-29-19-30(41-34-21-35(40-23-39-34)46-31(10-17-49-46)27-18-25(37)6-7-28(27)38)33(48-2)20-32(29)45-11-8-26(9-12-45)44-15-13-43(14-16-44)22-24-4-5-24/h3,6-7,18-21,23-24,26,31H,1,4-5,8-17,22H2,2H3,(H,42,47)(H,39,40,41). The van der Waals surface area contributed by atoms with E-state index < -0.39 is 17.7 Å². The summed E-state index contributed by atoms with van der Waals surface area (Å²) in [4.78, 5) is 34.7. The summed E-state index contributed by atoms with van der Waals surface area (Å²) < 4.78 is 34.5. The van der Waals surface area contributed by atoms with E-state index in [1.807, 2.05) is 12.1 Å². The average molecular weight is 675 g/mol. The summed E-state index contributed by atoms with van der Waals surface area (Å²) in [6.45, 7) is 11.5. The summed E-state index contributed by atoms with van der Waals surface area (Å²) in [7, 11) is 1.60. The Bertz CT molecular complexity index is 1660. The van der Waals surface area contributed by atoms with Gasteiger partial charge < -0.3 is 25.2 Å². The van der Waals surface area contributed by atoms with Gasteiger partial charge in [0.1, 0.15) is 29.5 Å². The van der Waals surface area contributed by atoms with E-state index in [1.54, 1.807) is 13.2 Å². The van der Waals surface area contributed by atoms with Crippen LogP contribution in [0.1, 0.15) is 43.7 Å². The van der Waals surface area contributed by atoms with Crippen LogP contribution in [0.4, 0.5) is 37.5 Å². The zero-order valence-electron chi connectivity index (χ0n) is 27.9. The Labute approximate surface area is 285 Å². The summed E-state index contributed by atoms with van der Waals surface area (Å²) in [5.41, 5.74) is 2.27. The zero-order valence-corrected chi connectivity index (χ0v) is 27.9. The molecular weight excluding hydrogens is 630 g/mol. The van der Waals surface area contributed by atoms with Crippen molar-refractivity contribution in [1.82, 2.24) is 19.8 Å². The Morgan fingerprint density at radius 1 is 1.00 bits per heavy atom. The van der Waals surface area contributed by atoms with Crippen molar-refractivity contribution in [1.29, 1.82) is 0 Å². The van der Waals surface area contributed by atoms with E-state index in [4.69, 9.17) is 9.57 Å². The summed E-state index contributed by atoms with van der Waals surface area (Å²) in [6, 6.07) is 8.83. The number of benzene rings is 2. The van der Waals surface area contributed by atoms with Crippen LogP contribution in [0.5, 0.6) is 5.75 Å². The first-order valence-corrected chi connectivity index (χ1v) is 17.2. The van der Waals surface area contributed by atoms with Gasteiger partial charge in [-0.05, 0) is 61.9 Å². The van der Waals surface area contributed by atoms with Gasteiger partial charge in [-0.3, -0.25) is 14.5 Å². The molecule has 4 fully saturated rings. The van der Waals surface area contributed by atoms with E-state index in [9.17, 15) is 13.6 Å². The molecule has 3 saturated heterocycles. The number of hydroxylamine groups is 1. The third-order valence-corrected chi connectivity index (χ3v) is 10.1. The molecule has 4 heterocycles. The number of carbonyl (C=O) groups is 1. The van der Waals surface area contributed by atoms with Gasteiger partial charge in [-0.15, -0.1) is 0 Å². The fraction of sp³-hybridized carbons (Fsp3) is 0.472. The molecule has 3 aliphatic heterocycles. The highest BCUT2D eigenvalue weighted by molar-refractivity contribution is 6.02. The number of nitrogens with zero attached hydrogens (tertiary/aromatic N) is 6. The average Bonchev–Trinajstić information content (AvgIpc) is 3.81. The Hall–Kier alpha value is -4.33. The highest BCUT2D eigenvalue weighted by Gasteiger charge is 2.33. The van der Waals surface area contributed by atoms with E-state index in [-0.39, 0.29) is 11.5 Å². The van der Waals surface area contributed by atoms with Crippen LogP contribution in [0.25, 0.3) is 0 Å². The van der Waals surface area contributed by atoms with Crippen LogP contribution in [0, 0.1) is 17.6 Å². The number of ether oxygens (including phenoxy) is 1. The van der Waals surface area contributed by atoms with Crippen molar-refractivity contribution < 1.29 is 23.1 Å². The number of methoxy groups -OCH3 is 1. The Morgan fingerprint density at radius 3 is 2.53 bits per heavy atom. The fourth-order valence-corrected chi connectivity index (χ4v) is 7.25. The highest BCUT2D eigenvalue weighted by atomic mass is 19.1. The van der Waals surface area contributed by atoms with Gasteiger partial charge in [-0.2, -0.15) is 0 Å². The third-order valence-electron chi connectivity index (χ3n) is 10.1. The fourth-order valence-electron chi connectivity index (χ4n) is 7.25. The molecule has 49 heavy (non-hydrogen) atoms. The second-order valence-corrected chi connectivity index (χ2v) is 13.3. The van der Waals surface area contributed by atoms with Gasteiger partial charge in [0, 0.05) is 76.0 Å². The number of carbonyl (C=O) groups excluding carboxylic acids is 1. The molecule has 1 unspecified atom stereocenters. The van der Waals surface area contributed by atoms with Crippen LogP contribution in [-0.2, 0) is 9.63 Å². The molecule has 0 radical (unpaired) electrons. The zero-order chi connectivity index (χ0) is 33.9. The summed E-state index contributed by atoms with van der Waals surface area (Å²) in [5, 5.41) is 7.77. The molecule has 13 heteroatoms. The summed E-state index contributed by atoms with van der Waals surface area (Å²) in [6.07, 6.45) is 7.97. The Morgan fingerprint density at radius 2 is 1.80 bits per heavy atom. The molecule has 0 spiro atoms. The van der Waals surface area contributed by atoms with Crippen molar-refractivity contribution in [3.8, 4) is 5.75 Å². The second-order valence-electron chi connectivity index (χ2n) is 13.3. The number of piperazine rings is 1. The first-order chi connectivity index (χ1) is 23.9. The smallest absolute Gasteiger partial charge is 0.247 e. The molecule has 2 aromatic carbocycles. The molecule has 1 amide bonds. The number of hydrogen-bond donors (Lipinski definition) is 2. The highest BCUT2D eigenvalue weighted by Crippen LogP contribution is 2.41. The first-order valence-electron chi connectivity index (χ1n) is 17.2. The van der Waals surface area contributed by atoms with Crippen molar-refractivity contribution >= 4 is 34.6 Å². The lowest BCUT2D eigenvalue weighted by Gasteiger charge is -2.43. The van der Waals surface area contributed by atoms with Crippen molar-refractivity contribution in [3.63, 3.8) is 0 Å². The molecule has 7 rings (SSSR count). The third kappa shape index (κ3) is 7.63. The minimum Gasteiger partial charge on any atom is -0.494 e. The maximum Gasteiger partial charge on any atom is 0.247 e. The van der Waals surface area contributed by atoms with E-state index in [2.05, 4.69) is 41.9 Å². The van der Waals surface area contributed by atoms with Crippen LogP contribution in [0.2, 0.25) is 0 Å². The van der Waals surface area contributed by atoms with Crippen LogP contribution in [-0.4, -0.2) is 91.2 Å².